The zero-order valence-electron chi connectivity index (χ0n) is 12.4. The number of nitrogens with two attached hydrogens (primary N) is 1. The van der Waals surface area contributed by atoms with E-state index in [4.69, 9.17) is 15.2 Å². The monoisotopic (exact) mass is 280 g/mol. The highest BCUT2D eigenvalue weighted by atomic mass is 16.5. The van der Waals surface area contributed by atoms with Crippen molar-refractivity contribution in [1.29, 1.82) is 0 Å². The van der Waals surface area contributed by atoms with Crippen LogP contribution < -0.4 is 15.8 Å². The predicted molar refractivity (Wildman–Crippen MR) is 79.9 cm³/mol. The van der Waals surface area contributed by atoms with E-state index in [1.54, 1.807) is 13.2 Å². The van der Waals surface area contributed by atoms with Crippen LogP contribution in [0, 0.1) is 5.92 Å². The van der Waals surface area contributed by atoms with Gasteiger partial charge in [0, 0.05) is 37.9 Å². The quantitative estimate of drug-likeness (QED) is 0.715. The van der Waals surface area contributed by atoms with Gasteiger partial charge in [-0.05, 0) is 19.1 Å². The van der Waals surface area contributed by atoms with Gasteiger partial charge in [-0.15, -0.1) is 0 Å². The molecular formula is C15H24N2O3. The summed E-state index contributed by atoms with van der Waals surface area (Å²) in [5.41, 5.74) is 6.43. The summed E-state index contributed by atoms with van der Waals surface area (Å²) in [7, 11) is 1.66. The fraction of sp³-hybridized carbons (Fsp3) is 0.533. The summed E-state index contributed by atoms with van der Waals surface area (Å²) in [6.45, 7) is 4.88. The standard InChI is InChI=1S/C15H24N2O3/c1-11(12(2)16)15(18)17-13-6-4-7-14(10-13)20-9-5-8-19-3/h4,6-7,10-12H,5,8-9,16H2,1-3H3,(H,17,18). The topological polar surface area (TPSA) is 73.6 Å². The van der Waals surface area contributed by atoms with Crippen LogP contribution >= 0.6 is 0 Å². The third-order valence-corrected chi connectivity index (χ3v) is 3.07. The van der Waals surface area contributed by atoms with E-state index in [0.29, 0.717) is 18.9 Å². The fourth-order valence-corrected chi connectivity index (χ4v) is 1.55. The molecule has 1 rings (SSSR count). The van der Waals surface area contributed by atoms with Crippen molar-refractivity contribution in [3.05, 3.63) is 24.3 Å². The Kier molecular flexibility index (Phi) is 7.04. The van der Waals surface area contributed by atoms with Gasteiger partial charge in [-0.2, -0.15) is 0 Å². The van der Waals surface area contributed by atoms with Crippen LogP contribution in [0.15, 0.2) is 24.3 Å². The van der Waals surface area contributed by atoms with Gasteiger partial charge in [0.15, 0.2) is 0 Å². The number of hydrogen-bond donors (Lipinski definition) is 2. The van der Waals surface area contributed by atoms with Crippen LogP contribution in [-0.2, 0) is 9.53 Å². The number of ether oxygens (including phenoxy) is 2. The maximum Gasteiger partial charge on any atom is 0.228 e. The molecule has 0 saturated carbocycles. The van der Waals surface area contributed by atoms with Gasteiger partial charge < -0.3 is 20.5 Å². The van der Waals surface area contributed by atoms with Crippen LogP contribution in [0.5, 0.6) is 5.75 Å². The van der Waals surface area contributed by atoms with Crippen molar-refractivity contribution < 1.29 is 14.3 Å². The Morgan fingerprint density at radius 2 is 2.10 bits per heavy atom. The van der Waals surface area contributed by atoms with E-state index in [-0.39, 0.29) is 17.9 Å². The van der Waals surface area contributed by atoms with Crippen molar-refractivity contribution in [2.75, 3.05) is 25.6 Å². The summed E-state index contributed by atoms with van der Waals surface area (Å²) >= 11 is 0. The molecule has 0 aliphatic carbocycles. The molecule has 0 aromatic heterocycles. The molecule has 2 atom stereocenters. The normalized spacial score (nSPS) is 13.6. The van der Waals surface area contributed by atoms with E-state index in [1.165, 1.54) is 0 Å². The Bertz CT molecular complexity index is 421. The molecule has 0 bridgehead atoms. The lowest BCUT2D eigenvalue weighted by atomic mass is 10.0. The average Bonchev–Trinajstić information content (AvgIpc) is 2.43. The molecule has 20 heavy (non-hydrogen) atoms. The van der Waals surface area contributed by atoms with Gasteiger partial charge >= 0.3 is 0 Å². The molecule has 1 aromatic carbocycles. The number of hydrogen-bond acceptors (Lipinski definition) is 4. The van der Waals surface area contributed by atoms with Crippen molar-refractivity contribution in [3.8, 4) is 5.75 Å². The molecule has 0 fully saturated rings. The molecule has 5 nitrogen and oxygen atoms in total. The van der Waals surface area contributed by atoms with Crippen LogP contribution in [-0.4, -0.2) is 32.3 Å². The van der Waals surface area contributed by atoms with Crippen LogP contribution in [0.3, 0.4) is 0 Å². The first kappa shape index (κ1) is 16.5. The van der Waals surface area contributed by atoms with Crippen molar-refractivity contribution in [2.24, 2.45) is 11.7 Å². The molecule has 1 aromatic rings. The summed E-state index contributed by atoms with van der Waals surface area (Å²) in [5.74, 6) is 0.408. The van der Waals surface area contributed by atoms with Crippen LogP contribution in [0.2, 0.25) is 0 Å². The minimum atomic E-state index is -0.235. The number of amides is 1. The second kappa shape index (κ2) is 8.55. The van der Waals surface area contributed by atoms with Gasteiger partial charge in [0.05, 0.1) is 12.5 Å². The lowest BCUT2D eigenvalue weighted by Crippen LogP contribution is -2.34. The number of carbonyl (C=O) groups is 1. The first-order valence-electron chi connectivity index (χ1n) is 6.83. The molecule has 0 spiro atoms. The molecule has 1 amide bonds. The minimum absolute atomic E-state index is 0.0865. The summed E-state index contributed by atoms with van der Waals surface area (Å²) < 4.78 is 10.5. The van der Waals surface area contributed by atoms with Crippen LogP contribution in [0.4, 0.5) is 5.69 Å². The zero-order valence-corrected chi connectivity index (χ0v) is 12.4. The first-order chi connectivity index (χ1) is 9.54. The number of rotatable bonds is 8. The number of benzene rings is 1. The highest BCUT2D eigenvalue weighted by Crippen LogP contribution is 2.18. The van der Waals surface area contributed by atoms with Crippen molar-refractivity contribution in [1.82, 2.24) is 0 Å². The molecule has 0 aliphatic rings. The first-order valence-corrected chi connectivity index (χ1v) is 6.83. The van der Waals surface area contributed by atoms with Gasteiger partial charge in [-0.25, -0.2) is 0 Å². The Hall–Kier alpha value is -1.59. The molecule has 0 aliphatic heterocycles. The van der Waals surface area contributed by atoms with Crippen LogP contribution in [0.25, 0.3) is 0 Å². The van der Waals surface area contributed by atoms with Gasteiger partial charge in [-0.3, -0.25) is 4.79 Å². The number of methoxy groups -OCH3 is 1. The smallest absolute Gasteiger partial charge is 0.228 e. The summed E-state index contributed by atoms with van der Waals surface area (Å²) in [4.78, 5) is 11.9. The van der Waals surface area contributed by atoms with Crippen molar-refractivity contribution in [3.63, 3.8) is 0 Å². The minimum Gasteiger partial charge on any atom is -0.493 e. The van der Waals surface area contributed by atoms with Crippen molar-refractivity contribution >= 4 is 11.6 Å². The number of nitrogens with one attached hydrogen (secondary N) is 1. The predicted octanol–water partition coefficient (Wildman–Crippen LogP) is 2.02. The Labute approximate surface area is 120 Å². The van der Waals surface area contributed by atoms with Crippen molar-refractivity contribution in [2.45, 2.75) is 26.3 Å². The Morgan fingerprint density at radius 3 is 2.75 bits per heavy atom. The largest absolute Gasteiger partial charge is 0.493 e. The third kappa shape index (κ3) is 5.59. The third-order valence-electron chi connectivity index (χ3n) is 3.07. The zero-order chi connectivity index (χ0) is 15.0. The summed E-state index contributed by atoms with van der Waals surface area (Å²) in [6.07, 6.45) is 0.828. The summed E-state index contributed by atoms with van der Waals surface area (Å²) in [6, 6.07) is 7.16. The van der Waals surface area contributed by atoms with E-state index in [9.17, 15) is 4.79 Å². The SMILES string of the molecule is COCCCOc1cccc(NC(=O)C(C)C(C)N)c1. The molecular weight excluding hydrogens is 256 g/mol. The second-order valence-corrected chi connectivity index (χ2v) is 4.86. The highest BCUT2D eigenvalue weighted by Gasteiger charge is 2.17. The van der Waals surface area contributed by atoms with E-state index in [0.717, 1.165) is 12.2 Å². The van der Waals surface area contributed by atoms with E-state index >= 15 is 0 Å². The molecule has 0 saturated heterocycles. The molecule has 3 N–H and O–H groups in total. The molecule has 0 radical (unpaired) electrons. The molecule has 0 heterocycles. The maximum absolute atomic E-state index is 11.9. The lowest BCUT2D eigenvalue weighted by Gasteiger charge is -2.15. The van der Waals surface area contributed by atoms with Gasteiger partial charge in [0.1, 0.15) is 5.75 Å². The van der Waals surface area contributed by atoms with Gasteiger partial charge in [0.25, 0.3) is 0 Å². The van der Waals surface area contributed by atoms with Gasteiger partial charge in [0.2, 0.25) is 5.91 Å². The second-order valence-electron chi connectivity index (χ2n) is 4.86. The Balaban J connectivity index is 2.53. The van der Waals surface area contributed by atoms with E-state index in [2.05, 4.69) is 5.32 Å². The number of anilines is 1. The van der Waals surface area contributed by atoms with E-state index < -0.39 is 0 Å². The van der Waals surface area contributed by atoms with Gasteiger partial charge in [-0.1, -0.05) is 13.0 Å². The Morgan fingerprint density at radius 1 is 1.35 bits per heavy atom. The molecule has 2 unspecified atom stereocenters. The summed E-state index contributed by atoms with van der Waals surface area (Å²) in [5, 5.41) is 2.84. The maximum atomic E-state index is 11.9. The molecule has 112 valence electrons. The highest BCUT2D eigenvalue weighted by molar-refractivity contribution is 5.92. The molecule has 5 heteroatoms. The van der Waals surface area contributed by atoms with E-state index in [1.807, 2.05) is 32.0 Å². The lowest BCUT2D eigenvalue weighted by molar-refractivity contribution is -0.119. The number of carbonyl (C=O) groups excluding carboxylic acids is 1. The fourth-order valence-electron chi connectivity index (χ4n) is 1.55. The van der Waals surface area contributed by atoms with Crippen LogP contribution in [0.1, 0.15) is 20.3 Å². The average molecular weight is 280 g/mol.